The lowest BCUT2D eigenvalue weighted by Crippen LogP contribution is -2.22. The monoisotopic (exact) mass is 318 g/mol. The molecule has 0 aliphatic rings. The molecule has 0 unspecified atom stereocenters. The van der Waals surface area contributed by atoms with Gasteiger partial charge in [-0.15, -0.1) is 0 Å². The van der Waals surface area contributed by atoms with Gasteiger partial charge in [-0.05, 0) is 19.2 Å². The topological polar surface area (TPSA) is 72.9 Å². The molecule has 2 heterocycles. The Kier molecular flexibility index (Phi) is 4.16. The van der Waals surface area contributed by atoms with Crippen molar-refractivity contribution in [3.8, 4) is 0 Å². The van der Waals surface area contributed by atoms with Crippen molar-refractivity contribution in [2.24, 2.45) is 0 Å². The SMILES string of the molecule is CN(Cc1nc(N)c2ccccc2n1)Cc1nccn1C(F)F. The summed E-state index contributed by atoms with van der Waals surface area (Å²) >= 11 is 0. The van der Waals surface area contributed by atoms with Crippen molar-refractivity contribution < 1.29 is 8.78 Å². The highest BCUT2D eigenvalue weighted by Crippen LogP contribution is 2.18. The first-order chi connectivity index (χ1) is 11.0. The number of alkyl halides is 2. The number of hydrogen-bond donors (Lipinski definition) is 1. The van der Waals surface area contributed by atoms with E-state index in [0.29, 0.717) is 18.2 Å². The van der Waals surface area contributed by atoms with Crippen LogP contribution in [-0.4, -0.2) is 31.5 Å². The average molecular weight is 318 g/mol. The Bertz CT molecular complexity index is 817. The number of hydrogen-bond acceptors (Lipinski definition) is 5. The van der Waals surface area contributed by atoms with Gasteiger partial charge in [0.15, 0.2) is 0 Å². The molecule has 2 N–H and O–H groups in total. The van der Waals surface area contributed by atoms with Gasteiger partial charge >= 0.3 is 6.55 Å². The molecule has 3 rings (SSSR count). The van der Waals surface area contributed by atoms with Crippen LogP contribution < -0.4 is 5.73 Å². The number of nitrogen functional groups attached to an aromatic ring is 1. The third-order valence-corrected chi connectivity index (χ3v) is 3.46. The number of anilines is 1. The summed E-state index contributed by atoms with van der Waals surface area (Å²) in [5.41, 5.74) is 6.71. The smallest absolute Gasteiger partial charge is 0.319 e. The maximum Gasteiger partial charge on any atom is 0.319 e. The van der Waals surface area contributed by atoms with Crippen molar-refractivity contribution in [3.63, 3.8) is 0 Å². The zero-order valence-electron chi connectivity index (χ0n) is 12.5. The Morgan fingerprint density at radius 2 is 2.00 bits per heavy atom. The summed E-state index contributed by atoms with van der Waals surface area (Å²) < 4.78 is 26.5. The molecule has 0 aliphatic heterocycles. The fourth-order valence-electron chi connectivity index (χ4n) is 2.40. The molecule has 3 aromatic rings. The second kappa shape index (κ2) is 6.25. The summed E-state index contributed by atoms with van der Waals surface area (Å²) in [5, 5.41) is 0.798. The molecular formula is C15H16F2N6. The largest absolute Gasteiger partial charge is 0.383 e. The van der Waals surface area contributed by atoms with Gasteiger partial charge in [-0.1, -0.05) is 12.1 Å². The quantitative estimate of drug-likeness (QED) is 0.782. The fraction of sp³-hybridized carbons (Fsp3) is 0.267. The van der Waals surface area contributed by atoms with E-state index in [1.807, 2.05) is 29.2 Å². The van der Waals surface area contributed by atoms with Crippen LogP contribution in [0.25, 0.3) is 10.9 Å². The van der Waals surface area contributed by atoms with Crippen LogP contribution in [0.3, 0.4) is 0 Å². The van der Waals surface area contributed by atoms with Crippen molar-refractivity contribution in [2.75, 3.05) is 12.8 Å². The zero-order valence-corrected chi connectivity index (χ0v) is 12.5. The molecule has 0 spiro atoms. The van der Waals surface area contributed by atoms with E-state index >= 15 is 0 Å². The summed E-state index contributed by atoms with van der Waals surface area (Å²) in [6, 6.07) is 7.47. The van der Waals surface area contributed by atoms with E-state index in [9.17, 15) is 8.78 Å². The van der Waals surface area contributed by atoms with Gasteiger partial charge < -0.3 is 5.73 Å². The predicted molar refractivity (Wildman–Crippen MR) is 82.6 cm³/mol. The Morgan fingerprint density at radius 1 is 1.22 bits per heavy atom. The van der Waals surface area contributed by atoms with Crippen LogP contribution in [0.15, 0.2) is 36.7 Å². The van der Waals surface area contributed by atoms with Crippen LogP contribution in [0.1, 0.15) is 18.2 Å². The average Bonchev–Trinajstić information content (AvgIpc) is 2.95. The van der Waals surface area contributed by atoms with Crippen molar-refractivity contribution in [1.82, 2.24) is 24.4 Å². The van der Waals surface area contributed by atoms with Gasteiger partial charge in [0, 0.05) is 17.8 Å². The summed E-state index contributed by atoms with van der Waals surface area (Å²) in [7, 11) is 1.79. The molecule has 0 aliphatic carbocycles. The van der Waals surface area contributed by atoms with Crippen molar-refractivity contribution in [3.05, 3.63) is 48.3 Å². The maximum atomic E-state index is 12.8. The highest BCUT2D eigenvalue weighted by Gasteiger charge is 2.14. The third-order valence-electron chi connectivity index (χ3n) is 3.46. The lowest BCUT2D eigenvalue weighted by Gasteiger charge is -2.16. The van der Waals surface area contributed by atoms with Crippen LogP contribution in [0.4, 0.5) is 14.6 Å². The number of imidazole rings is 1. The molecule has 0 radical (unpaired) electrons. The standard InChI is InChI=1S/C15H16F2N6/c1-22(9-13-19-6-7-23(13)15(16)17)8-12-20-11-5-3-2-4-10(11)14(18)21-12/h2-7,15H,8-9H2,1H3,(H2,18,20,21). The molecule has 8 heteroatoms. The molecule has 0 atom stereocenters. The number of rotatable bonds is 5. The number of nitrogens with two attached hydrogens (primary N) is 1. The zero-order chi connectivity index (χ0) is 16.4. The minimum atomic E-state index is -2.60. The third kappa shape index (κ3) is 3.26. The van der Waals surface area contributed by atoms with Crippen molar-refractivity contribution >= 4 is 16.7 Å². The Balaban J connectivity index is 1.77. The molecule has 0 saturated carbocycles. The Labute approximate surface area is 131 Å². The summed E-state index contributed by atoms with van der Waals surface area (Å²) in [6.07, 6.45) is 2.62. The van der Waals surface area contributed by atoms with E-state index < -0.39 is 6.55 Å². The molecule has 1 aromatic carbocycles. The molecule has 2 aromatic heterocycles. The number of para-hydroxylation sites is 1. The molecule has 23 heavy (non-hydrogen) atoms. The highest BCUT2D eigenvalue weighted by atomic mass is 19.3. The van der Waals surface area contributed by atoms with E-state index in [-0.39, 0.29) is 12.4 Å². The van der Waals surface area contributed by atoms with Crippen LogP contribution in [0, 0.1) is 0 Å². The molecule has 0 saturated heterocycles. The van der Waals surface area contributed by atoms with Gasteiger partial charge in [-0.25, -0.2) is 15.0 Å². The van der Waals surface area contributed by atoms with Gasteiger partial charge in [0.25, 0.3) is 0 Å². The summed E-state index contributed by atoms with van der Waals surface area (Å²) in [4.78, 5) is 14.5. The number of fused-ring (bicyclic) bond motifs is 1. The maximum absolute atomic E-state index is 12.8. The number of aromatic nitrogens is 4. The van der Waals surface area contributed by atoms with E-state index in [2.05, 4.69) is 15.0 Å². The van der Waals surface area contributed by atoms with Crippen LogP contribution >= 0.6 is 0 Å². The van der Waals surface area contributed by atoms with E-state index in [4.69, 9.17) is 5.73 Å². The number of nitrogens with zero attached hydrogens (tertiary/aromatic N) is 5. The highest BCUT2D eigenvalue weighted by molar-refractivity contribution is 5.87. The lowest BCUT2D eigenvalue weighted by molar-refractivity contribution is 0.0644. The molecule has 0 amide bonds. The predicted octanol–water partition coefficient (Wildman–Crippen LogP) is 2.44. The molecule has 6 nitrogen and oxygen atoms in total. The Morgan fingerprint density at radius 3 is 2.78 bits per heavy atom. The summed E-state index contributed by atoms with van der Waals surface area (Å²) in [6.45, 7) is -1.97. The van der Waals surface area contributed by atoms with Crippen LogP contribution in [0.2, 0.25) is 0 Å². The first kappa shape index (κ1) is 15.3. The molecule has 0 bridgehead atoms. The van der Waals surface area contributed by atoms with Crippen molar-refractivity contribution in [2.45, 2.75) is 19.6 Å². The van der Waals surface area contributed by atoms with Gasteiger partial charge in [-0.3, -0.25) is 9.47 Å². The molecule has 120 valence electrons. The Hall–Kier alpha value is -2.61. The van der Waals surface area contributed by atoms with Crippen LogP contribution in [-0.2, 0) is 13.1 Å². The van der Waals surface area contributed by atoms with Crippen molar-refractivity contribution in [1.29, 1.82) is 0 Å². The minimum Gasteiger partial charge on any atom is -0.383 e. The summed E-state index contributed by atoms with van der Waals surface area (Å²) in [5.74, 6) is 1.24. The van der Waals surface area contributed by atoms with Gasteiger partial charge in [0.05, 0.1) is 18.6 Å². The van der Waals surface area contributed by atoms with E-state index in [1.54, 1.807) is 7.05 Å². The second-order valence-electron chi connectivity index (χ2n) is 5.24. The first-order valence-corrected chi connectivity index (χ1v) is 7.04. The van der Waals surface area contributed by atoms with E-state index in [0.717, 1.165) is 15.5 Å². The van der Waals surface area contributed by atoms with Crippen LogP contribution in [0.5, 0.6) is 0 Å². The molecule has 0 fully saturated rings. The van der Waals surface area contributed by atoms with Gasteiger partial charge in [0.1, 0.15) is 17.5 Å². The second-order valence-corrected chi connectivity index (χ2v) is 5.24. The number of halogens is 2. The van der Waals surface area contributed by atoms with Gasteiger partial charge in [-0.2, -0.15) is 8.78 Å². The fourth-order valence-corrected chi connectivity index (χ4v) is 2.40. The van der Waals surface area contributed by atoms with Gasteiger partial charge in [0.2, 0.25) is 0 Å². The number of benzene rings is 1. The first-order valence-electron chi connectivity index (χ1n) is 7.04. The molecular weight excluding hydrogens is 302 g/mol. The minimum absolute atomic E-state index is 0.257. The lowest BCUT2D eigenvalue weighted by atomic mass is 10.2. The normalized spacial score (nSPS) is 11.7. The van der Waals surface area contributed by atoms with E-state index in [1.165, 1.54) is 12.4 Å².